The van der Waals surface area contributed by atoms with Crippen LogP contribution in [0.15, 0.2) is 101 Å². The van der Waals surface area contributed by atoms with Crippen molar-refractivity contribution < 1.29 is 23.5 Å². The molecule has 2 aliphatic carbocycles. The quantitative estimate of drug-likeness (QED) is 0.312. The van der Waals surface area contributed by atoms with Crippen molar-refractivity contribution in [1.82, 2.24) is 5.06 Å². The average molecular weight is 631 g/mol. The predicted octanol–water partition coefficient (Wildman–Crippen LogP) is 6.92. The molecule has 5 atom stereocenters. The first-order valence-electron chi connectivity index (χ1n) is 14.3. The molecule has 2 aliphatic heterocycles. The van der Waals surface area contributed by atoms with E-state index in [0.29, 0.717) is 16.5 Å². The van der Waals surface area contributed by atoms with E-state index in [9.17, 15) is 4.79 Å². The van der Waals surface area contributed by atoms with Gasteiger partial charge in [-0.25, -0.2) is 9.45 Å². The lowest BCUT2D eigenvalue weighted by Gasteiger charge is -2.42. The first-order chi connectivity index (χ1) is 20.5. The SMILES string of the molecule is CC(=O)N1OC[C@@H]2[C@@H](COC(C3=CC=CCC3)(c3ccccc3)C3C#CC/C=C\C=C3)OC[C@@]21c1cc(Br)ccc1F. The van der Waals surface area contributed by atoms with Crippen molar-refractivity contribution in [2.24, 2.45) is 11.8 Å². The van der Waals surface area contributed by atoms with E-state index in [1.807, 2.05) is 36.4 Å². The fourth-order valence-corrected chi connectivity index (χ4v) is 7.08. The summed E-state index contributed by atoms with van der Waals surface area (Å²) in [6, 6.07) is 15.0. The number of nitrogens with zero attached hydrogens (tertiary/aromatic N) is 1. The molecule has 2 heterocycles. The van der Waals surface area contributed by atoms with Crippen molar-refractivity contribution in [2.75, 3.05) is 19.8 Å². The number of rotatable bonds is 7. The molecule has 2 saturated heterocycles. The summed E-state index contributed by atoms with van der Waals surface area (Å²) in [5.74, 6) is 5.50. The maximum Gasteiger partial charge on any atom is 0.243 e. The van der Waals surface area contributed by atoms with Gasteiger partial charge in [-0.3, -0.25) is 9.63 Å². The van der Waals surface area contributed by atoms with Crippen LogP contribution in [0, 0.1) is 29.5 Å². The van der Waals surface area contributed by atoms with Gasteiger partial charge in [-0.1, -0.05) is 101 Å². The van der Waals surface area contributed by atoms with E-state index in [1.165, 1.54) is 18.1 Å². The third-order valence-corrected chi connectivity index (χ3v) is 9.13. The molecule has 0 spiro atoms. The van der Waals surface area contributed by atoms with Gasteiger partial charge in [0.05, 0.1) is 31.8 Å². The van der Waals surface area contributed by atoms with Crippen molar-refractivity contribution in [1.29, 1.82) is 0 Å². The van der Waals surface area contributed by atoms with Crippen molar-refractivity contribution in [3.05, 3.63) is 118 Å². The van der Waals surface area contributed by atoms with Crippen molar-refractivity contribution in [3.8, 4) is 11.8 Å². The molecule has 2 fully saturated rings. The number of allylic oxidation sites excluding steroid dienone is 6. The van der Waals surface area contributed by atoms with Gasteiger partial charge in [0.25, 0.3) is 0 Å². The third kappa shape index (κ3) is 5.01. The summed E-state index contributed by atoms with van der Waals surface area (Å²) in [6.07, 6.45) is 16.6. The number of hydroxylamine groups is 2. The van der Waals surface area contributed by atoms with E-state index in [-0.39, 0.29) is 37.6 Å². The highest BCUT2D eigenvalue weighted by atomic mass is 79.9. The van der Waals surface area contributed by atoms with E-state index in [2.05, 4.69) is 64.2 Å². The van der Waals surface area contributed by atoms with Crippen LogP contribution in [0.1, 0.15) is 37.3 Å². The Morgan fingerprint density at radius 1 is 1.19 bits per heavy atom. The van der Waals surface area contributed by atoms with Gasteiger partial charge in [0, 0.05) is 29.3 Å². The molecule has 0 saturated carbocycles. The lowest BCUT2D eigenvalue weighted by atomic mass is 9.72. The zero-order valence-corrected chi connectivity index (χ0v) is 25.1. The van der Waals surface area contributed by atoms with Crippen LogP contribution < -0.4 is 0 Å². The molecule has 2 aromatic carbocycles. The minimum absolute atomic E-state index is 0.0936. The molecule has 6 rings (SSSR count). The minimum atomic E-state index is -1.11. The number of hydrogen-bond acceptors (Lipinski definition) is 4. The molecule has 1 amide bonds. The van der Waals surface area contributed by atoms with E-state index >= 15 is 4.39 Å². The van der Waals surface area contributed by atoms with Gasteiger partial charge in [-0.2, -0.15) is 0 Å². The second-order valence-corrected chi connectivity index (χ2v) is 11.9. The van der Waals surface area contributed by atoms with Crippen LogP contribution >= 0.6 is 15.9 Å². The number of hydrogen-bond donors (Lipinski definition) is 0. The second-order valence-electron chi connectivity index (χ2n) is 11.0. The van der Waals surface area contributed by atoms with Gasteiger partial charge in [0.2, 0.25) is 5.91 Å². The molecule has 2 unspecified atom stereocenters. The number of halogens is 2. The van der Waals surface area contributed by atoms with Crippen LogP contribution in [-0.2, 0) is 30.2 Å². The molecule has 7 heteroatoms. The van der Waals surface area contributed by atoms with Crippen molar-refractivity contribution in [3.63, 3.8) is 0 Å². The number of benzene rings is 2. The third-order valence-electron chi connectivity index (χ3n) is 8.64. The largest absolute Gasteiger partial charge is 0.372 e. The fourth-order valence-electron chi connectivity index (χ4n) is 6.72. The lowest BCUT2D eigenvalue weighted by molar-refractivity contribution is -0.194. The molecule has 0 radical (unpaired) electrons. The molecule has 0 bridgehead atoms. The van der Waals surface area contributed by atoms with Crippen LogP contribution in [0.2, 0.25) is 0 Å². The maximum atomic E-state index is 15.4. The Hall–Kier alpha value is -3.28. The molecule has 0 N–H and O–H groups in total. The van der Waals surface area contributed by atoms with Gasteiger partial charge in [-0.05, 0) is 42.2 Å². The lowest BCUT2D eigenvalue weighted by Crippen LogP contribution is -2.49. The van der Waals surface area contributed by atoms with Crippen molar-refractivity contribution >= 4 is 21.8 Å². The highest BCUT2D eigenvalue weighted by molar-refractivity contribution is 9.10. The van der Waals surface area contributed by atoms with Gasteiger partial charge in [-0.15, -0.1) is 0 Å². The molecule has 5 nitrogen and oxygen atoms in total. The first kappa shape index (κ1) is 28.8. The number of ether oxygens (including phenoxy) is 2. The van der Waals surface area contributed by atoms with Gasteiger partial charge < -0.3 is 9.47 Å². The Labute approximate surface area is 254 Å². The summed E-state index contributed by atoms with van der Waals surface area (Å²) < 4.78 is 29.7. The number of amides is 1. The molecular weight excluding hydrogens is 597 g/mol. The Balaban J connectivity index is 1.41. The molecule has 2 aromatic rings. The summed E-state index contributed by atoms with van der Waals surface area (Å²) >= 11 is 3.48. The van der Waals surface area contributed by atoms with Crippen LogP contribution in [0.25, 0.3) is 0 Å². The van der Waals surface area contributed by atoms with Gasteiger partial charge >= 0.3 is 0 Å². The Morgan fingerprint density at radius 2 is 2.05 bits per heavy atom. The zero-order valence-electron chi connectivity index (χ0n) is 23.5. The molecule has 0 aromatic heterocycles. The van der Waals surface area contributed by atoms with Crippen LogP contribution in [0.4, 0.5) is 4.39 Å². The summed E-state index contributed by atoms with van der Waals surface area (Å²) in [4.78, 5) is 18.7. The predicted molar refractivity (Wildman–Crippen MR) is 162 cm³/mol. The molecule has 4 aliphatic rings. The topological polar surface area (TPSA) is 48.0 Å². The summed E-state index contributed by atoms with van der Waals surface area (Å²) in [5, 5.41) is 1.30. The second kappa shape index (κ2) is 12.1. The number of carbonyl (C=O) groups is 1. The van der Waals surface area contributed by atoms with E-state index in [0.717, 1.165) is 24.0 Å². The Morgan fingerprint density at radius 3 is 2.83 bits per heavy atom. The van der Waals surface area contributed by atoms with E-state index < -0.39 is 23.1 Å². The van der Waals surface area contributed by atoms with Gasteiger partial charge in [0.15, 0.2) is 0 Å². The first-order valence-corrected chi connectivity index (χ1v) is 15.1. The van der Waals surface area contributed by atoms with Crippen LogP contribution in [0.5, 0.6) is 0 Å². The van der Waals surface area contributed by atoms with Crippen molar-refractivity contribution in [2.45, 2.75) is 43.4 Å². The monoisotopic (exact) mass is 629 g/mol. The maximum absolute atomic E-state index is 15.4. The standard InChI is InChI=1S/C35H33BrFNO4/c1-25(39)38-34(30-21-29(36)19-20-32(30)37)24-40-33(31(34)22-42-38)23-41-35(27-15-9-5-10-16-27,28-17-11-6-12-18-28)26-13-7-3-2-4-8-14-26/h2-3,5-7,9-11,13,15-17,19-21,26,31,33H,4,12,18,22-24H2,1H3/b3-2-,13-7?/t26?,31-,33-,34-,35?/m1/s1. The Kier molecular flexibility index (Phi) is 8.33. The fraction of sp³-hybridized carbons (Fsp3) is 0.343. The molecule has 216 valence electrons. The van der Waals surface area contributed by atoms with Gasteiger partial charge in [0.1, 0.15) is 17.0 Å². The zero-order chi connectivity index (χ0) is 29.2. The summed E-state index contributed by atoms with van der Waals surface area (Å²) in [6.45, 7) is 1.93. The van der Waals surface area contributed by atoms with Crippen LogP contribution in [-0.4, -0.2) is 36.9 Å². The minimum Gasteiger partial charge on any atom is -0.372 e. The van der Waals surface area contributed by atoms with E-state index in [4.69, 9.17) is 14.3 Å². The average Bonchev–Trinajstić information content (AvgIpc) is 3.55. The highest BCUT2D eigenvalue weighted by Crippen LogP contribution is 2.51. The normalized spacial score (nSPS) is 28.6. The molecular formula is C35H33BrFNO4. The summed E-state index contributed by atoms with van der Waals surface area (Å²) in [5.41, 5.74) is 0.527. The number of fused-ring (bicyclic) bond motifs is 1. The molecule has 42 heavy (non-hydrogen) atoms. The van der Waals surface area contributed by atoms with E-state index in [1.54, 1.807) is 12.1 Å². The highest BCUT2D eigenvalue weighted by Gasteiger charge is 2.62. The smallest absolute Gasteiger partial charge is 0.243 e. The summed E-state index contributed by atoms with van der Waals surface area (Å²) in [7, 11) is 0. The van der Waals surface area contributed by atoms with Crippen LogP contribution in [0.3, 0.4) is 0 Å². The number of carbonyl (C=O) groups excluding carboxylic acids is 1. The Bertz CT molecular complexity index is 1520.